The Bertz CT molecular complexity index is 388. The molecule has 0 bridgehead atoms. The van der Waals surface area contributed by atoms with Gasteiger partial charge in [-0.15, -0.1) is 0 Å². The molecule has 0 atom stereocenters. The number of aryl methyl sites for hydroxylation is 1. The van der Waals surface area contributed by atoms with Gasteiger partial charge in [0.2, 0.25) is 0 Å². The first-order chi connectivity index (χ1) is 7.06. The Morgan fingerprint density at radius 1 is 1.33 bits per heavy atom. The van der Waals surface area contributed by atoms with Crippen LogP contribution in [-0.4, -0.2) is 30.9 Å². The molecule has 0 aromatic heterocycles. The second-order valence-corrected chi connectivity index (χ2v) is 3.29. The minimum atomic E-state index is -0.415. The molecule has 4 heteroatoms. The van der Waals surface area contributed by atoms with Crippen molar-refractivity contribution in [3.63, 3.8) is 0 Å². The van der Waals surface area contributed by atoms with Gasteiger partial charge in [-0.2, -0.15) is 0 Å². The van der Waals surface area contributed by atoms with Crippen molar-refractivity contribution < 1.29 is 9.59 Å². The van der Waals surface area contributed by atoms with Crippen LogP contribution in [0.4, 0.5) is 4.79 Å². The number of imide groups is 1. The highest BCUT2D eigenvalue weighted by Crippen LogP contribution is 2.06. The van der Waals surface area contributed by atoms with Crippen molar-refractivity contribution in [1.82, 2.24) is 10.2 Å². The molecule has 0 radical (unpaired) electrons. The number of nitrogens with one attached hydrogen (secondary N) is 1. The van der Waals surface area contributed by atoms with E-state index in [0.717, 1.165) is 10.5 Å². The Kier molecular flexibility index (Phi) is 3.44. The number of carbonyl (C=O) groups excluding carboxylic acids is 2. The molecule has 0 fully saturated rings. The van der Waals surface area contributed by atoms with Crippen LogP contribution >= 0.6 is 0 Å². The number of carbonyl (C=O) groups is 2. The third-order valence-electron chi connectivity index (χ3n) is 2.09. The molecule has 0 heterocycles. The van der Waals surface area contributed by atoms with E-state index in [0.29, 0.717) is 5.56 Å². The summed E-state index contributed by atoms with van der Waals surface area (Å²) >= 11 is 0. The van der Waals surface area contributed by atoms with E-state index in [1.807, 2.05) is 13.0 Å². The highest BCUT2D eigenvalue weighted by molar-refractivity contribution is 6.03. The van der Waals surface area contributed by atoms with Crippen LogP contribution < -0.4 is 5.32 Å². The molecule has 1 N–H and O–H groups in total. The fourth-order valence-electron chi connectivity index (χ4n) is 1.23. The van der Waals surface area contributed by atoms with Crippen molar-refractivity contribution in [3.8, 4) is 0 Å². The van der Waals surface area contributed by atoms with Gasteiger partial charge in [0.05, 0.1) is 0 Å². The SMILES string of the molecule is CNC(=O)N(C)C(=O)c1cccc(C)c1. The molecule has 3 amide bonds. The fraction of sp³-hybridized carbons (Fsp3) is 0.273. The lowest BCUT2D eigenvalue weighted by Crippen LogP contribution is -2.39. The predicted octanol–water partition coefficient (Wildman–Crippen LogP) is 1.41. The monoisotopic (exact) mass is 206 g/mol. The van der Waals surface area contributed by atoms with E-state index in [-0.39, 0.29) is 5.91 Å². The third-order valence-corrected chi connectivity index (χ3v) is 2.09. The normalized spacial score (nSPS) is 9.53. The summed E-state index contributed by atoms with van der Waals surface area (Å²) in [6, 6.07) is 6.72. The van der Waals surface area contributed by atoms with E-state index in [1.54, 1.807) is 18.2 Å². The summed E-state index contributed by atoms with van der Waals surface area (Å²) in [5, 5.41) is 2.40. The van der Waals surface area contributed by atoms with Crippen LogP contribution in [-0.2, 0) is 0 Å². The molecule has 0 spiro atoms. The van der Waals surface area contributed by atoms with Crippen LogP contribution in [0.5, 0.6) is 0 Å². The maximum Gasteiger partial charge on any atom is 0.323 e. The lowest BCUT2D eigenvalue weighted by molar-refractivity contribution is 0.0832. The molecular weight excluding hydrogens is 192 g/mol. The summed E-state index contributed by atoms with van der Waals surface area (Å²) in [7, 11) is 2.94. The molecule has 0 aliphatic heterocycles. The molecule has 1 aromatic carbocycles. The molecule has 0 saturated carbocycles. The average molecular weight is 206 g/mol. The van der Waals surface area contributed by atoms with Crippen LogP contribution in [0.1, 0.15) is 15.9 Å². The van der Waals surface area contributed by atoms with Crippen molar-refractivity contribution in [1.29, 1.82) is 0 Å². The first-order valence-electron chi connectivity index (χ1n) is 4.62. The number of amides is 3. The van der Waals surface area contributed by atoms with E-state index >= 15 is 0 Å². The van der Waals surface area contributed by atoms with Crippen molar-refractivity contribution >= 4 is 11.9 Å². The van der Waals surface area contributed by atoms with E-state index in [1.165, 1.54) is 14.1 Å². The minimum Gasteiger partial charge on any atom is -0.341 e. The molecule has 0 aliphatic rings. The zero-order valence-electron chi connectivity index (χ0n) is 9.07. The van der Waals surface area contributed by atoms with Gasteiger partial charge in [0, 0.05) is 19.7 Å². The van der Waals surface area contributed by atoms with Gasteiger partial charge in [-0.25, -0.2) is 4.79 Å². The zero-order chi connectivity index (χ0) is 11.4. The number of urea groups is 1. The van der Waals surface area contributed by atoms with Crippen LogP contribution in [0.15, 0.2) is 24.3 Å². The Labute approximate surface area is 88.9 Å². The predicted molar refractivity (Wildman–Crippen MR) is 57.7 cm³/mol. The van der Waals surface area contributed by atoms with E-state index < -0.39 is 6.03 Å². The summed E-state index contributed by atoms with van der Waals surface area (Å²) in [5.74, 6) is -0.307. The quantitative estimate of drug-likeness (QED) is 0.755. The third kappa shape index (κ3) is 2.56. The van der Waals surface area contributed by atoms with Crippen LogP contribution in [0, 0.1) is 6.92 Å². The number of hydrogen-bond acceptors (Lipinski definition) is 2. The second-order valence-electron chi connectivity index (χ2n) is 3.29. The Morgan fingerprint density at radius 3 is 2.53 bits per heavy atom. The van der Waals surface area contributed by atoms with Gasteiger partial charge in [0.25, 0.3) is 5.91 Å². The zero-order valence-corrected chi connectivity index (χ0v) is 9.07. The Hall–Kier alpha value is -1.84. The summed E-state index contributed by atoms with van der Waals surface area (Å²) in [6.45, 7) is 1.90. The summed E-state index contributed by atoms with van der Waals surface area (Å²) in [5.41, 5.74) is 1.51. The maximum absolute atomic E-state index is 11.8. The Balaban J connectivity index is 2.90. The molecule has 0 aliphatic carbocycles. The largest absolute Gasteiger partial charge is 0.341 e. The van der Waals surface area contributed by atoms with Crippen molar-refractivity contribution in [2.75, 3.05) is 14.1 Å². The van der Waals surface area contributed by atoms with Crippen molar-refractivity contribution in [2.45, 2.75) is 6.92 Å². The lowest BCUT2D eigenvalue weighted by atomic mass is 10.1. The van der Waals surface area contributed by atoms with Crippen LogP contribution in [0.25, 0.3) is 0 Å². The first kappa shape index (κ1) is 11.2. The maximum atomic E-state index is 11.8. The average Bonchev–Trinajstić information content (AvgIpc) is 2.26. The lowest BCUT2D eigenvalue weighted by Gasteiger charge is -2.14. The van der Waals surface area contributed by atoms with E-state index in [9.17, 15) is 9.59 Å². The van der Waals surface area contributed by atoms with Gasteiger partial charge in [0.1, 0.15) is 0 Å². The molecule has 1 rings (SSSR count). The first-order valence-corrected chi connectivity index (χ1v) is 4.62. The molecule has 4 nitrogen and oxygen atoms in total. The highest BCUT2D eigenvalue weighted by atomic mass is 16.2. The summed E-state index contributed by atoms with van der Waals surface area (Å²) < 4.78 is 0. The van der Waals surface area contributed by atoms with Gasteiger partial charge >= 0.3 is 6.03 Å². The number of rotatable bonds is 1. The van der Waals surface area contributed by atoms with Crippen LogP contribution in [0.3, 0.4) is 0 Å². The topological polar surface area (TPSA) is 49.4 Å². The number of hydrogen-bond donors (Lipinski definition) is 1. The highest BCUT2D eigenvalue weighted by Gasteiger charge is 2.16. The molecular formula is C11H14N2O2. The van der Waals surface area contributed by atoms with Crippen molar-refractivity contribution in [2.24, 2.45) is 0 Å². The molecule has 0 saturated heterocycles. The summed E-state index contributed by atoms with van der Waals surface area (Å²) in [6.07, 6.45) is 0. The van der Waals surface area contributed by atoms with Gasteiger partial charge in [-0.3, -0.25) is 9.69 Å². The van der Waals surface area contributed by atoms with Gasteiger partial charge in [-0.1, -0.05) is 17.7 Å². The molecule has 1 aromatic rings. The number of nitrogens with zero attached hydrogens (tertiary/aromatic N) is 1. The van der Waals surface area contributed by atoms with Gasteiger partial charge in [-0.05, 0) is 19.1 Å². The smallest absolute Gasteiger partial charge is 0.323 e. The van der Waals surface area contributed by atoms with E-state index in [2.05, 4.69) is 5.32 Å². The minimum absolute atomic E-state index is 0.307. The summed E-state index contributed by atoms with van der Waals surface area (Å²) in [4.78, 5) is 24.0. The molecule has 0 unspecified atom stereocenters. The Morgan fingerprint density at radius 2 is 2.00 bits per heavy atom. The van der Waals surface area contributed by atoms with E-state index in [4.69, 9.17) is 0 Å². The van der Waals surface area contributed by atoms with Crippen LogP contribution in [0.2, 0.25) is 0 Å². The number of benzene rings is 1. The van der Waals surface area contributed by atoms with Crippen molar-refractivity contribution in [3.05, 3.63) is 35.4 Å². The second kappa shape index (κ2) is 4.59. The van der Waals surface area contributed by atoms with Gasteiger partial charge < -0.3 is 5.32 Å². The molecule has 15 heavy (non-hydrogen) atoms. The fourth-order valence-corrected chi connectivity index (χ4v) is 1.23. The van der Waals surface area contributed by atoms with Gasteiger partial charge in [0.15, 0.2) is 0 Å². The molecule has 80 valence electrons. The standard InChI is InChI=1S/C11H14N2O2/c1-8-5-4-6-9(7-8)10(14)13(3)11(15)12-2/h4-7H,1-3H3,(H,12,15).